The van der Waals surface area contributed by atoms with Crippen molar-refractivity contribution in [3.05, 3.63) is 34.9 Å². The van der Waals surface area contributed by atoms with Crippen molar-refractivity contribution < 1.29 is 4.74 Å². The maximum atomic E-state index is 6.07. The van der Waals surface area contributed by atoms with Gasteiger partial charge < -0.3 is 10.5 Å². The molecule has 0 amide bonds. The third kappa shape index (κ3) is 3.16. The first-order valence-electron chi connectivity index (χ1n) is 7.20. The molecule has 0 spiro atoms. The lowest BCUT2D eigenvalue weighted by Gasteiger charge is -2.38. The minimum absolute atomic E-state index is 0.346. The Balaban J connectivity index is 2.17. The van der Waals surface area contributed by atoms with Crippen LogP contribution in [0.1, 0.15) is 35.6 Å². The van der Waals surface area contributed by atoms with E-state index in [1.54, 1.807) is 0 Å². The van der Waals surface area contributed by atoms with Gasteiger partial charge in [-0.25, -0.2) is 0 Å². The number of likely N-dealkylation sites (tertiary alicyclic amines) is 1. The topological polar surface area (TPSA) is 38.5 Å². The number of benzene rings is 1. The highest BCUT2D eigenvalue weighted by Crippen LogP contribution is 2.29. The Labute approximate surface area is 116 Å². The first-order chi connectivity index (χ1) is 9.17. The van der Waals surface area contributed by atoms with E-state index in [9.17, 15) is 0 Å². The van der Waals surface area contributed by atoms with E-state index in [-0.39, 0.29) is 0 Å². The molecule has 3 nitrogen and oxygen atoms in total. The summed E-state index contributed by atoms with van der Waals surface area (Å²) in [5.41, 5.74) is 10.2. The molecule has 1 saturated heterocycles. The van der Waals surface area contributed by atoms with Gasteiger partial charge in [0.2, 0.25) is 0 Å². The molecule has 1 aromatic carbocycles. The first kappa shape index (κ1) is 14.5. The first-order valence-corrected chi connectivity index (χ1v) is 7.20. The number of methoxy groups -OCH3 is 1. The SMILES string of the molecule is COC1CCN(C(CN)c2c(C)cccc2C)CC1. The molecule has 0 aromatic heterocycles. The molecule has 1 aliphatic rings. The van der Waals surface area contributed by atoms with E-state index in [4.69, 9.17) is 10.5 Å². The molecular formula is C16H26N2O. The molecule has 1 aliphatic heterocycles. The molecule has 0 radical (unpaired) electrons. The number of rotatable bonds is 4. The number of ether oxygens (including phenoxy) is 1. The molecular weight excluding hydrogens is 236 g/mol. The summed E-state index contributed by atoms with van der Waals surface area (Å²) in [5.74, 6) is 0. The van der Waals surface area contributed by atoms with Crippen LogP contribution in [0.5, 0.6) is 0 Å². The van der Waals surface area contributed by atoms with Crippen molar-refractivity contribution in [1.29, 1.82) is 0 Å². The van der Waals surface area contributed by atoms with Crippen LogP contribution in [0.15, 0.2) is 18.2 Å². The number of nitrogens with two attached hydrogens (primary N) is 1. The predicted molar refractivity (Wildman–Crippen MR) is 79.3 cm³/mol. The highest BCUT2D eigenvalue weighted by atomic mass is 16.5. The molecule has 1 aromatic rings. The molecule has 1 unspecified atom stereocenters. The van der Waals surface area contributed by atoms with E-state index in [0.717, 1.165) is 25.9 Å². The van der Waals surface area contributed by atoms with Crippen LogP contribution in [0.2, 0.25) is 0 Å². The molecule has 3 heteroatoms. The van der Waals surface area contributed by atoms with Crippen LogP contribution < -0.4 is 5.73 Å². The van der Waals surface area contributed by atoms with Gasteiger partial charge in [-0.2, -0.15) is 0 Å². The van der Waals surface area contributed by atoms with Crippen LogP contribution >= 0.6 is 0 Å². The molecule has 0 aliphatic carbocycles. The van der Waals surface area contributed by atoms with Crippen LogP contribution in [-0.2, 0) is 4.74 Å². The van der Waals surface area contributed by atoms with E-state index in [2.05, 4.69) is 36.9 Å². The number of hydrogen-bond donors (Lipinski definition) is 1. The second kappa shape index (κ2) is 6.51. The van der Waals surface area contributed by atoms with Crippen LogP contribution in [0, 0.1) is 13.8 Å². The largest absolute Gasteiger partial charge is 0.381 e. The summed E-state index contributed by atoms with van der Waals surface area (Å²) in [6.45, 7) is 7.21. The quantitative estimate of drug-likeness (QED) is 0.905. The lowest BCUT2D eigenvalue weighted by Crippen LogP contribution is -2.42. The summed E-state index contributed by atoms with van der Waals surface area (Å²) < 4.78 is 5.45. The van der Waals surface area contributed by atoms with Crippen molar-refractivity contribution in [3.8, 4) is 0 Å². The summed E-state index contributed by atoms with van der Waals surface area (Å²) in [7, 11) is 1.81. The second-order valence-electron chi connectivity index (χ2n) is 5.53. The third-order valence-corrected chi connectivity index (χ3v) is 4.35. The van der Waals surface area contributed by atoms with Gasteiger partial charge in [0.1, 0.15) is 0 Å². The summed E-state index contributed by atoms with van der Waals surface area (Å²) in [6.07, 6.45) is 2.64. The Bertz CT molecular complexity index is 391. The fourth-order valence-electron chi connectivity index (χ4n) is 3.23. The average molecular weight is 262 g/mol. The molecule has 1 atom stereocenters. The minimum atomic E-state index is 0.346. The third-order valence-electron chi connectivity index (χ3n) is 4.35. The van der Waals surface area contributed by atoms with Gasteiger partial charge in [0.15, 0.2) is 0 Å². The molecule has 0 bridgehead atoms. The Morgan fingerprint density at radius 2 is 1.84 bits per heavy atom. The lowest BCUT2D eigenvalue weighted by molar-refractivity contribution is 0.0279. The van der Waals surface area contributed by atoms with Crippen LogP contribution in [0.25, 0.3) is 0 Å². The Morgan fingerprint density at radius 1 is 1.26 bits per heavy atom. The fourth-order valence-corrected chi connectivity index (χ4v) is 3.23. The lowest BCUT2D eigenvalue weighted by atomic mass is 9.93. The molecule has 2 rings (SSSR count). The highest BCUT2D eigenvalue weighted by Gasteiger charge is 2.26. The zero-order valence-electron chi connectivity index (χ0n) is 12.4. The maximum Gasteiger partial charge on any atom is 0.0595 e. The van der Waals surface area contributed by atoms with E-state index >= 15 is 0 Å². The van der Waals surface area contributed by atoms with Crippen molar-refractivity contribution in [2.45, 2.75) is 38.8 Å². The zero-order chi connectivity index (χ0) is 13.8. The Hall–Kier alpha value is -0.900. The van der Waals surface area contributed by atoms with Gasteiger partial charge in [0, 0.05) is 32.8 Å². The molecule has 0 saturated carbocycles. The molecule has 1 fully saturated rings. The minimum Gasteiger partial charge on any atom is -0.381 e. The maximum absolute atomic E-state index is 6.07. The molecule has 2 N–H and O–H groups in total. The second-order valence-corrected chi connectivity index (χ2v) is 5.53. The van der Waals surface area contributed by atoms with Crippen molar-refractivity contribution in [3.63, 3.8) is 0 Å². The summed E-state index contributed by atoms with van der Waals surface area (Å²) in [6, 6.07) is 6.85. The van der Waals surface area contributed by atoms with E-state index in [1.807, 2.05) is 7.11 Å². The molecule has 106 valence electrons. The summed E-state index contributed by atoms with van der Waals surface area (Å²) in [4.78, 5) is 2.52. The van der Waals surface area contributed by atoms with Crippen LogP contribution in [0.3, 0.4) is 0 Å². The number of piperidine rings is 1. The summed E-state index contributed by atoms with van der Waals surface area (Å²) in [5, 5.41) is 0. The normalized spacial score (nSPS) is 19.6. The van der Waals surface area contributed by atoms with Gasteiger partial charge in [0.05, 0.1) is 6.10 Å². The smallest absolute Gasteiger partial charge is 0.0595 e. The fraction of sp³-hybridized carbons (Fsp3) is 0.625. The van der Waals surface area contributed by atoms with Crippen molar-refractivity contribution in [2.75, 3.05) is 26.7 Å². The monoisotopic (exact) mass is 262 g/mol. The molecule has 19 heavy (non-hydrogen) atoms. The Kier molecular flexibility index (Phi) is 4.97. The van der Waals surface area contributed by atoms with Crippen LogP contribution in [-0.4, -0.2) is 37.7 Å². The van der Waals surface area contributed by atoms with E-state index in [1.165, 1.54) is 16.7 Å². The van der Waals surface area contributed by atoms with E-state index in [0.29, 0.717) is 18.7 Å². The predicted octanol–water partition coefficient (Wildman–Crippen LogP) is 2.41. The number of hydrogen-bond acceptors (Lipinski definition) is 3. The van der Waals surface area contributed by atoms with Gasteiger partial charge in [-0.15, -0.1) is 0 Å². The summed E-state index contributed by atoms with van der Waals surface area (Å²) >= 11 is 0. The number of aryl methyl sites for hydroxylation is 2. The zero-order valence-corrected chi connectivity index (χ0v) is 12.4. The highest BCUT2D eigenvalue weighted by molar-refractivity contribution is 5.36. The average Bonchev–Trinajstić information content (AvgIpc) is 2.43. The Morgan fingerprint density at radius 3 is 2.32 bits per heavy atom. The van der Waals surface area contributed by atoms with Crippen molar-refractivity contribution in [2.24, 2.45) is 5.73 Å². The van der Waals surface area contributed by atoms with E-state index < -0.39 is 0 Å². The molecule has 1 heterocycles. The van der Waals surface area contributed by atoms with Crippen LogP contribution in [0.4, 0.5) is 0 Å². The van der Waals surface area contributed by atoms with Gasteiger partial charge in [-0.3, -0.25) is 4.90 Å². The number of nitrogens with zero attached hydrogens (tertiary/aromatic N) is 1. The van der Waals surface area contributed by atoms with Gasteiger partial charge >= 0.3 is 0 Å². The standard InChI is InChI=1S/C16H26N2O/c1-12-5-4-6-13(2)16(12)15(11-17)18-9-7-14(19-3)8-10-18/h4-6,14-15H,7-11,17H2,1-3H3. The van der Waals surface area contributed by atoms with Gasteiger partial charge in [-0.1, -0.05) is 18.2 Å². The van der Waals surface area contributed by atoms with Crippen molar-refractivity contribution in [1.82, 2.24) is 4.90 Å². The van der Waals surface area contributed by atoms with Gasteiger partial charge in [-0.05, 0) is 43.4 Å². The van der Waals surface area contributed by atoms with Gasteiger partial charge in [0.25, 0.3) is 0 Å². The van der Waals surface area contributed by atoms with Crippen molar-refractivity contribution >= 4 is 0 Å².